The number of nitrogens with zero attached hydrogens (tertiary/aromatic N) is 1. The second-order valence-electron chi connectivity index (χ2n) is 7.90. The van der Waals surface area contributed by atoms with Crippen molar-refractivity contribution in [3.05, 3.63) is 77.4 Å². The van der Waals surface area contributed by atoms with Crippen LogP contribution >= 0.6 is 0 Å². The molecular formula is C24H28F2N2O. The molecule has 4 rings (SSSR count). The summed E-state index contributed by atoms with van der Waals surface area (Å²) in [6.45, 7) is 0.311. The van der Waals surface area contributed by atoms with Gasteiger partial charge in [-0.05, 0) is 48.1 Å². The second-order valence-corrected chi connectivity index (χ2v) is 7.90. The fourth-order valence-electron chi connectivity index (χ4n) is 4.46. The van der Waals surface area contributed by atoms with Crippen molar-refractivity contribution in [3.8, 4) is 0 Å². The minimum absolute atomic E-state index is 0. The van der Waals surface area contributed by atoms with Crippen molar-refractivity contribution >= 4 is 11.5 Å². The van der Waals surface area contributed by atoms with Crippen LogP contribution in [0.1, 0.15) is 55.7 Å². The van der Waals surface area contributed by atoms with Gasteiger partial charge >= 0.3 is 0 Å². The van der Waals surface area contributed by atoms with Crippen molar-refractivity contribution in [1.82, 2.24) is 11.1 Å². The summed E-state index contributed by atoms with van der Waals surface area (Å²) >= 11 is 0. The zero-order valence-corrected chi connectivity index (χ0v) is 16.6. The summed E-state index contributed by atoms with van der Waals surface area (Å²) in [5.41, 5.74) is 1.91. The molecule has 3 N–H and O–H groups in total. The predicted molar refractivity (Wildman–Crippen MR) is 111 cm³/mol. The van der Waals surface area contributed by atoms with Crippen molar-refractivity contribution in [2.24, 2.45) is 5.92 Å². The Morgan fingerprint density at radius 1 is 1.00 bits per heavy atom. The van der Waals surface area contributed by atoms with E-state index in [2.05, 4.69) is 0 Å². The zero-order chi connectivity index (χ0) is 19.5. The first kappa shape index (κ1) is 21.2. The Labute approximate surface area is 171 Å². The first-order valence-electron chi connectivity index (χ1n) is 10.1. The van der Waals surface area contributed by atoms with Crippen LogP contribution < -0.4 is 6.15 Å². The zero-order valence-electron chi connectivity index (χ0n) is 16.6. The first-order valence-corrected chi connectivity index (χ1v) is 10.1. The van der Waals surface area contributed by atoms with Gasteiger partial charge in [0.05, 0.1) is 6.04 Å². The summed E-state index contributed by atoms with van der Waals surface area (Å²) in [6, 6.07) is 13.0. The monoisotopic (exact) mass is 398 g/mol. The molecular weight excluding hydrogens is 370 g/mol. The Balaban J connectivity index is 0.00000240. The van der Waals surface area contributed by atoms with Gasteiger partial charge in [-0.15, -0.1) is 0 Å². The quantitative estimate of drug-likeness (QED) is 0.680. The molecule has 1 aliphatic heterocycles. The molecule has 29 heavy (non-hydrogen) atoms. The van der Waals surface area contributed by atoms with Crippen molar-refractivity contribution in [2.45, 2.75) is 44.6 Å². The fourth-order valence-corrected chi connectivity index (χ4v) is 4.46. The lowest BCUT2D eigenvalue weighted by Crippen LogP contribution is -2.33. The van der Waals surface area contributed by atoms with E-state index in [0.717, 1.165) is 30.5 Å². The average Bonchev–Trinajstić information content (AvgIpc) is 3.17. The van der Waals surface area contributed by atoms with E-state index in [9.17, 15) is 13.6 Å². The molecule has 3 nitrogen and oxygen atoms in total. The van der Waals surface area contributed by atoms with Crippen molar-refractivity contribution in [2.75, 3.05) is 6.54 Å². The largest absolute Gasteiger partial charge is 0.344 e. The Hall–Kier alpha value is -2.53. The van der Waals surface area contributed by atoms with Crippen LogP contribution in [-0.2, 0) is 4.79 Å². The molecule has 0 bridgehead atoms. The van der Waals surface area contributed by atoms with Gasteiger partial charge in [-0.1, -0.05) is 55.7 Å². The summed E-state index contributed by atoms with van der Waals surface area (Å²) in [7, 11) is 0. The highest BCUT2D eigenvalue weighted by Gasteiger charge is 2.32. The van der Waals surface area contributed by atoms with E-state index in [1.54, 1.807) is 0 Å². The molecule has 2 aliphatic rings. The third-order valence-electron chi connectivity index (χ3n) is 5.96. The van der Waals surface area contributed by atoms with E-state index in [1.807, 2.05) is 41.3 Å². The normalized spacial score (nSPS) is 19.6. The maximum Gasteiger partial charge on any atom is 0.223 e. The highest BCUT2D eigenvalue weighted by molar-refractivity contribution is 5.83. The molecule has 0 radical (unpaired) electrons. The van der Waals surface area contributed by atoms with Gasteiger partial charge in [0.15, 0.2) is 0 Å². The summed E-state index contributed by atoms with van der Waals surface area (Å²) in [4.78, 5) is 15.0. The topological polar surface area (TPSA) is 55.3 Å². The molecule has 0 saturated heterocycles. The molecule has 0 spiro atoms. The highest BCUT2D eigenvalue weighted by atomic mass is 19.1. The molecule has 1 atom stereocenters. The van der Waals surface area contributed by atoms with Gasteiger partial charge in [0.2, 0.25) is 5.91 Å². The fraction of sp³-hybridized carbons (Fsp3) is 0.375. The third kappa shape index (κ3) is 4.73. The van der Waals surface area contributed by atoms with E-state index < -0.39 is 11.6 Å². The van der Waals surface area contributed by atoms with Gasteiger partial charge in [-0.25, -0.2) is 8.78 Å². The molecule has 1 amide bonds. The van der Waals surface area contributed by atoms with Crippen LogP contribution in [0.25, 0.3) is 5.57 Å². The van der Waals surface area contributed by atoms with E-state index >= 15 is 0 Å². The summed E-state index contributed by atoms with van der Waals surface area (Å²) in [6.07, 6.45) is 8.30. The van der Waals surface area contributed by atoms with Gasteiger partial charge in [-0.2, -0.15) is 0 Å². The van der Waals surface area contributed by atoms with Crippen LogP contribution in [-0.4, -0.2) is 17.4 Å². The SMILES string of the molecule is N.O=C(CC1CCCCC1)N1CC(c2cc(F)ccc2F)=CC1c1ccccc1. The number of rotatable bonds is 4. The number of hydrogen-bond donors (Lipinski definition) is 1. The molecule has 1 unspecified atom stereocenters. The standard InChI is InChI=1S/C24H25F2NO.H3N/c25-20-11-12-22(26)21(15-20)19-14-23(18-9-5-2-6-10-18)27(16-19)24(28)13-17-7-3-1-4-8-17;/h2,5-6,9-12,14-15,17,23H,1,3-4,7-8,13,16H2;1H3. The number of carbonyl (C=O) groups excluding carboxylic acids is 1. The maximum absolute atomic E-state index is 14.3. The average molecular weight is 398 g/mol. The van der Waals surface area contributed by atoms with Crippen molar-refractivity contribution < 1.29 is 13.6 Å². The summed E-state index contributed by atoms with van der Waals surface area (Å²) in [5, 5.41) is 0. The van der Waals surface area contributed by atoms with Crippen LogP contribution in [0.4, 0.5) is 8.78 Å². The number of halogens is 2. The first-order chi connectivity index (χ1) is 13.6. The van der Waals surface area contributed by atoms with Crippen LogP contribution in [0.5, 0.6) is 0 Å². The minimum atomic E-state index is -0.472. The lowest BCUT2D eigenvalue weighted by atomic mass is 9.86. The third-order valence-corrected chi connectivity index (χ3v) is 5.96. The molecule has 0 aromatic heterocycles. The molecule has 154 valence electrons. The van der Waals surface area contributed by atoms with Gasteiger partial charge in [-0.3, -0.25) is 4.79 Å². The van der Waals surface area contributed by atoms with E-state index in [0.29, 0.717) is 24.5 Å². The lowest BCUT2D eigenvalue weighted by Gasteiger charge is -2.28. The van der Waals surface area contributed by atoms with Crippen LogP contribution in [0.2, 0.25) is 0 Å². The van der Waals surface area contributed by atoms with E-state index in [4.69, 9.17) is 0 Å². The molecule has 1 fully saturated rings. The number of hydrogen-bond acceptors (Lipinski definition) is 2. The number of carbonyl (C=O) groups is 1. The number of amides is 1. The lowest BCUT2D eigenvalue weighted by molar-refractivity contribution is -0.132. The Morgan fingerprint density at radius 3 is 2.45 bits per heavy atom. The van der Waals surface area contributed by atoms with Crippen LogP contribution in [0, 0.1) is 17.6 Å². The smallest absolute Gasteiger partial charge is 0.223 e. The Kier molecular flexibility index (Phi) is 6.80. The number of benzene rings is 2. The van der Waals surface area contributed by atoms with Gasteiger partial charge in [0.1, 0.15) is 11.6 Å². The van der Waals surface area contributed by atoms with Crippen molar-refractivity contribution in [1.29, 1.82) is 0 Å². The summed E-state index contributed by atoms with van der Waals surface area (Å²) in [5.74, 6) is -0.391. The molecule has 1 heterocycles. The predicted octanol–water partition coefficient (Wildman–Crippen LogP) is 6.06. The second kappa shape index (κ2) is 9.31. The molecule has 5 heteroatoms. The molecule has 2 aromatic carbocycles. The van der Waals surface area contributed by atoms with E-state index in [1.165, 1.54) is 25.3 Å². The van der Waals surface area contributed by atoms with Crippen LogP contribution in [0.15, 0.2) is 54.6 Å². The molecule has 2 aromatic rings. The maximum atomic E-state index is 14.3. The Morgan fingerprint density at radius 2 is 1.72 bits per heavy atom. The molecule has 1 aliphatic carbocycles. The van der Waals surface area contributed by atoms with Crippen LogP contribution in [0.3, 0.4) is 0 Å². The van der Waals surface area contributed by atoms with Crippen molar-refractivity contribution in [3.63, 3.8) is 0 Å². The Bertz CT molecular complexity index is 876. The highest BCUT2D eigenvalue weighted by Crippen LogP contribution is 2.37. The minimum Gasteiger partial charge on any atom is -0.344 e. The summed E-state index contributed by atoms with van der Waals surface area (Å²) < 4.78 is 28.1. The van der Waals surface area contributed by atoms with Gasteiger partial charge < -0.3 is 11.1 Å². The van der Waals surface area contributed by atoms with E-state index in [-0.39, 0.29) is 23.7 Å². The van der Waals surface area contributed by atoms with Gasteiger partial charge in [0, 0.05) is 18.5 Å². The molecule has 1 saturated carbocycles. The van der Waals surface area contributed by atoms with Gasteiger partial charge in [0.25, 0.3) is 0 Å².